The predicted octanol–water partition coefficient (Wildman–Crippen LogP) is 2.47. The van der Waals surface area contributed by atoms with Gasteiger partial charge >= 0.3 is 8.80 Å². The molecular formula is C18H16F2O6Si. The lowest BCUT2D eigenvalue weighted by molar-refractivity contribution is -0.146. The molecule has 0 aliphatic rings. The number of carbonyl (C=O) groups excluding carboxylic acids is 3. The monoisotopic (exact) mass is 394 g/mol. The van der Waals surface area contributed by atoms with Crippen molar-refractivity contribution in [2.24, 2.45) is 0 Å². The maximum Gasteiger partial charge on any atom is 0.742 e. The predicted molar refractivity (Wildman–Crippen MR) is 92.5 cm³/mol. The first kappa shape index (κ1) is 20.2. The summed E-state index contributed by atoms with van der Waals surface area (Å²) < 4.78 is 42.2. The van der Waals surface area contributed by atoms with E-state index in [-0.39, 0.29) is 10.8 Å². The topological polar surface area (TPSA) is 78.9 Å². The smallest absolute Gasteiger partial charge is 0.452 e. The quantitative estimate of drug-likeness (QED) is 0.725. The summed E-state index contributed by atoms with van der Waals surface area (Å²) in [5.41, 5.74) is 0.729. The highest BCUT2D eigenvalue weighted by atomic mass is 28.4. The zero-order valence-electron chi connectivity index (χ0n) is 14.7. The van der Waals surface area contributed by atoms with Crippen LogP contribution >= 0.6 is 0 Å². The van der Waals surface area contributed by atoms with E-state index in [9.17, 15) is 23.2 Å². The second kappa shape index (κ2) is 8.08. The van der Waals surface area contributed by atoms with E-state index in [0.717, 1.165) is 39.0 Å². The van der Waals surface area contributed by atoms with Crippen molar-refractivity contribution >= 4 is 31.9 Å². The highest BCUT2D eigenvalue weighted by Gasteiger charge is 2.54. The van der Waals surface area contributed by atoms with Gasteiger partial charge in [-0.3, -0.25) is 14.4 Å². The van der Waals surface area contributed by atoms with E-state index in [1.165, 1.54) is 24.3 Å². The zero-order valence-corrected chi connectivity index (χ0v) is 15.7. The Morgan fingerprint density at radius 3 is 1.48 bits per heavy atom. The molecule has 0 fully saturated rings. The lowest BCUT2D eigenvalue weighted by Gasteiger charge is -2.26. The van der Waals surface area contributed by atoms with E-state index in [1.54, 1.807) is 0 Å². The number of hydrogen-bond acceptors (Lipinski definition) is 6. The van der Waals surface area contributed by atoms with E-state index in [0.29, 0.717) is 5.56 Å². The van der Waals surface area contributed by atoms with Gasteiger partial charge in [-0.2, -0.15) is 0 Å². The van der Waals surface area contributed by atoms with Crippen LogP contribution in [0.3, 0.4) is 0 Å². The maximum atomic E-state index is 13.4. The largest absolute Gasteiger partial charge is 0.742 e. The highest BCUT2D eigenvalue weighted by Crippen LogP contribution is 2.22. The first-order valence-corrected chi connectivity index (χ1v) is 9.49. The van der Waals surface area contributed by atoms with Gasteiger partial charge in [0.1, 0.15) is 11.6 Å². The van der Waals surface area contributed by atoms with Gasteiger partial charge in [0.05, 0.1) is 5.19 Å². The second-order valence-corrected chi connectivity index (χ2v) is 7.87. The maximum absolute atomic E-state index is 13.4. The Kier molecular flexibility index (Phi) is 6.06. The molecule has 0 spiro atoms. The standard InChI is InChI=1S/C18H16F2O6Si/c1-11(21)24-27(25-12(2)22,26-13(3)23)18-6-4-14(5-7-18)15-8-16(19)10-17(20)9-15/h4-10H,1-3H3. The van der Waals surface area contributed by atoms with Crippen LogP contribution in [0.2, 0.25) is 0 Å². The zero-order chi connectivity index (χ0) is 20.2. The summed E-state index contributed by atoms with van der Waals surface area (Å²) in [5.74, 6) is -3.89. The Morgan fingerprint density at radius 1 is 0.704 bits per heavy atom. The normalized spacial score (nSPS) is 10.9. The number of benzene rings is 2. The average molecular weight is 394 g/mol. The number of hydrogen-bond donors (Lipinski definition) is 0. The van der Waals surface area contributed by atoms with Gasteiger partial charge in [-0.25, -0.2) is 8.78 Å². The van der Waals surface area contributed by atoms with Gasteiger partial charge in [-0.05, 0) is 23.3 Å². The molecule has 0 saturated carbocycles. The summed E-state index contributed by atoms with van der Waals surface area (Å²) in [6, 6.07) is 8.79. The fourth-order valence-corrected chi connectivity index (χ4v) is 4.58. The van der Waals surface area contributed by atoms with Crippen LogP contribution in [-0.4, -0.2) is 26.7 Å². The van der Waals surface area contributed by atoms with E-state index in [2.05, 4.69) is 0 Å². The first-order valence-electron chi connectivity index (χ1n) is 7.77. The molecule has 2 rings (SSSR count). The molecule has 0 aliphatic heterocycles. The molecule has 2 aromatic rings. The minimum absolute atomic E-state index is 0.156. The van der Waals surface area contributed by atoms with Crippen molar-refractivity contribution in [2.45, 2.75) is 20.8 Å². The van der Waals surface area contributed by atoms with Gasteiger partial charge in [-0.1, -0.05) is 24.3 Å². The van der Waals surface area contributed by atoms with Crippen LogP contribution in [-0.2, 0) is 27.7 Å². The fourth-order valence-electron chi connectivity index (χ4n) is 2.39. The Labute approximate surface area is 155 Å². The molecule has 0 bridgehead atoms. The SMILES string of the molecule is CC(=O)O[Si](OC(C)=O)(OC(C)=O)c1ccc(-c2cc(F)cc(F)c2)cc1. The van der Waals surface area contributed by atoms with Crippen LogP contribution in [0.15, 0.2) is 42.5 Å². The molecule has 0 saturated heterocycles. The molecule has 0 N–H and O–H groups in total. The van der Waals surface area contributed by atoms with E-state index < -0.39 is 38.3 Å². The molecule has 0 atom stereocenters. The number of rotatable bonds is 5. The second-order valence-electron chi connectivity index (χ2n) is 5.57. The van der Waals surface area contributed by atoms with E-state index in [4.69, 9.17) is 13.3 Å². The van der Waals surface area contributed by atoms with E-state index in [1.807, 2.05) is 0 Å². The Hall–Kier alpha value is -3.07. The highest BCUT2D eigenvalue weighted by molar-refractivity contribution is 6.79. The van der Waals surface area contributed by atoms with Crippen LogP contribution in [0.5, 0.6) is 0 Å². The molecule has 0 amide bonds. The van der Waals surface area contributed by atoms with Crippen molar-refractivity contribution < 1.29 is 36.4 Å². The first-order chi connectivity index (χ1) is 12.6. The Morgan fingerprint density at radius 2 is 1.11 bits per heavy atom. The number of halogens is 2. The molecule has 0 aromatic heterocycles. The minimum Gasteiger partial charge on any atom is -0.452 e. The van der Waals surface area contributed by atoms with Crippen molar-refractivity contribution in [3.63, 3.8) is 0 Å². The molecule has 27 heavy (non-hydrogen) atoms. The van der Waals surface area contributed by atoms with Gasteiger partial charge in [0, 0.05) is 26.8 Å². The summed E-state index contributed by atoms with van der Waals surface area (Å²) in [4.78, 5) is 34.5. The van der Waals surface area contributed by atoms with Crippen molar-refractivity contribution in [1.29, 1.82) is 0 Å². The van der Waals surface area contributed by atoms with Gasteiger partial charge in [0.25, 0.3) is 17.9 Å². The molecule has 0 aliphatic carbocycles. The molecular weight excluding hydrogens is 378 g/mol. The van der Waals surface area contributed by atoms with Crippen LogP contribution < -0.4 is 5.19 Å². The van der Waals surface area contributed by atoms with Crippen molar-refractivity contribution in [3.8, 4) is 11.1 Å². The van der Waals surface area contributed by atoms with Crippen molar-refractivity contribution in [1.82, 2.24) is 0 Å². The van der Waals surface area contributed by atoms with Gasteiger partial charge in [0.2, 0.25) is 0 Å². The lowest BCUT2D eigenvalue weighted by atomic mass is 10.1. The molecule has 0 heterocycles. The van der Waals surface area contributed by atoms with Gasteiger partial charge < -0.3 is 13.3 Å². The Bertz CT molecular complexity index is 821. The average Bonchev–Trinajstić information content (AvgIpc) is 2.52. The van der Waals surface area contributed by atoms with Crippen LogP contribution in [0, 0.1) is 11.6 Å². The molecule has 142 valence electrons. The third kappa shape index (κ3) is 5.20. The summed E-state index contributed by atoms with van der Waals surface area (Å²) >= 11 is 0. The third-order valence-electron chi connectivity index (χ3n) is 3.27. The lowest BCUT2D eigenvalue weighted by Crippen LogP contribution is -2.59. The van der Waals surface area contributed by atoms with Gasteiger partial charge in [0.15, 0.2) is 0 Å². The van der Waals surface area contributed by atoms with Gasteiger partial charge in [-0.15, -0.1) is 0 Å². The molecule has 6 nitrogen and oxygen atoms in total. The minimum atomic E-state index is -4.20. The Balaban J connectivity index is 2.50. The summed E-state index contributed by atoms with van der Waals surface area (Å²) in [5, 5.41) is 0.156. The molecule has 0 unspecified atom stereocenters. The number of carbonyl (C=O) groups is 3. The molecule has 9 heteroatoms. The van der Waals surface area contributed by atoms with Crippen LogP contribution in [0.4, 0.5) is 8.78 Å². The third-order valence-corrected chi connectivity index (χ3v) is 5.98. The van der Waals surface area contributed by atoms with Crippen molar-refractivity contribution in [2.75, 3.05) is 0 Å². The fraction of sp³-hybridized carbons (Fsp3) is 0.167. The summed E-state index contributed by atoms with van der Waals surface area (Å²) in [7, 11) is -4.20. The summed E-state index contributed by atoms with van der Waals surface area (Å²) in [6.07, 6.45) is 0. The molecule has 2 aromatic carbocycles. The van der Waals surface area contributed by atoms with Crippen molar-refractivity contribution in [3.05, 3.63) is 54.1 Å². The van der Waals surface area contributed by atoms with E-state index >= 15 is 0 Å². The van der Waals surface area contributed by atoms with Crippen LogP contribution in [0.1, 0.15) is 20.8 Å². The molecule has 0 radical (unpaired) electrons. The van der Waals surface area contributed by atoms with Crippen LogP contribution in [0.25, 0.3) is 11.1 Å². The summed E-state index contributed by atoms with van der Waals surface area (Å²) in [6.45, 7) is 3.25.